The Kier molecular flexibility index (Phi) is 8.20. The number of benzene rings is 2. The van der Waals surface area contributed by atoms with Crippen LogP contribution in [0.15, 0.2) is 30.3 Å². The van der Waals surface area contributed by atoms with Gasteiger partial charge in [-0.25, -0.2) is 8.78 Å². The van der Waals surface area contributed by atoms with Gasteiger partial charge >= 0.3 is 0 Å². The smallest absolute Gasteiger partial charge is 0.237 e. The normalized spacial score (nSPS) is 26.0. The van der Waals surface area contributed by atoms with Crippen molar-refractivity contribution in [3.63, 3.8) is 0 Å². The van der Waals surface area contributed by atoms with Gasteiger partial charge in [0, 0.05) is 24.1 Å². The van der Waals surface area contributed by atoms with Gasteiger partial charge in [-0.1, -0.05) is 56.1 Å². The van der Waals surface area contributed by atoms with E-state index in [1.807, 2.05) is 20.8 Å². The largest absolute Gasteiger partial charge is 0.393 e. The lowest BCUT2D eigenvalue weighted by molar-refractivity contribution is -0.122. The molecule has 10 heteroatoms. The number of aliphatic hydroxyl groups is 2. The number of fused-ring (bicyclic) bond motifs is 2. The molecule has 0 radical (unpaired) electrons. The predicted octanol–water partition coefficient (Wildman–Crippen LogP) is 5.50. The first-order valence-corrected chi connectivity index (χ1v) is 13.7. The highest BCUT2D eigenvalue weighted by molar-refractivity contribution is 6.31. The summed E-state index contributed by atoms with van der Waals surface area (Å²) in [6, 6.07) is 5.30. The molecule has 0 bridgehead atoms. The number of rotatable bonds is 8. The van der Waals surface area contributed by atoms with Gasteiger partial charge in [0.2, 0.25) is 5.91 Å². The van der Waals surface area contributed by atoms with E-state index in [-0.39, 0.29) is 46.1 Å². The van der Waals surface area contributed by atoms with Crippen molar-refractivity contribution < 1.29 is 28.6 Å². The van der Waals surface area contributed by atoms with Crippen molar-refractivity contribution in [3.8, 4) is 0 Å². The summed E-state index contributed by atoms with van der Waals surface area (Å²) in [6.45, 7) is 6.98. The molecular formula is C29H34Cl2F2N2O4. The van der Waals surface area contributed by atoms with Gasteiger partial charge in [0.05, 0.1) is 28.3 Å². The van der Waals surface area contributed by atoms with Crippen LogP contribution in [0.3, 0.4) is 0 Å². The lowest BCUT2D eigenvalue weighted by atomic mass is 9.62. The number of amides is 1. The van der Waals surface area contributed by atoms with Gasteiger partial charge in [-0.2, -0.15) is 0 Å². The number of carbonyl (C=O) groups excluding carboxylic acids is 2. The van der Waals surface area contributed by atoms with Crippen LogP contribution in [0.5, 0.6) is 0 Å². The molecule has 2 aliphatic rings. The van der Waals surface area contributed by atoms with Crippen LogP contribution >= 0.6 is 23.2 Å². The highest BCUT2D eigenvalue weighted by Crippen LogP contribution is 2.57. The van der Waals surface area contributed by atoms with Gasteiger partial charge in [-0.15, -0.1) is 0 Å². The Morgan fingerprint density at radius 2 is 1.82 bits per heavy atom. The minimum Gasteiger partial charge on any atom is -0.393 e. The average molecular weight is 584 g/mol. The minimum absolute atomic E-state index is 0.00821. The zero-order chi connectivity index (χ0) is 28.9. The Morgan fingerprint density at radius 3 is 2.46 bits per heavy atom. The van der Waals surface area contributed by atoms with E-state index >= 15 is 4.39 Å². The summed E-state index contributed by atoms with van der Waals surface area (Å²) >= 11 is 12.2. The fraction of sp³-hybridized carbons (Fsp3) is 0.517. The van der Waals surface area contributed by atoms with E-state index in [1.165, 1.54) is 31.2 Å². The zero-order valence-electron chi connectivity index (χ0n) is 22.4. The van der Waals surface area contributed by atoms with E-state index in [2.05, 4.69) is 10.6 Å². The molecule has 2 heterocycles. The summed E-state index contributed by atoms with van der Waals surface area (Å²) in [6.07, 6.45) is 0.848. The molecule has 5 atom stereocenters. The molecule has 0 unspecified atom stereocenters. The number of ketones is 1. The molecule has 0 aromatic heterocycles. The van der Waals surface area contributed by atoms with Crippen LogP contribution in [0, 0.1) is 17.0 Å². The molecule has 6 nitrogen and oxygen atoms in total. The highest BCUT2D eigenvalue weighted by atomic mass is 35.5. The van der Waals surface area contributed by atoms with Crippen LogP contribution in [0.1, 0.15) is 70.4 Å². The van der Waals surface area contributed by atoms with Crippen LogP contribution in [0.2, 0.25) is 10.0 Å². The first kappa shape index (κ1) is 29.9. The molecule has 0 aliphatic carbocycles. The summed E-state index contributed by atoms with van der Waals surface area (Å²) in [5, 5.41) is 25.4. The van der Waals surface area contributed by atoms with Crippen molar-refractivity contribution in [2.24, 2.45) is 5.41 Å². The molecule has 4 rings (SSSR count). The number of hydrogen-bond donors (Lipinski definition) is 4. The van der Waals surface area contributed by atoms with Crippen LogP contribution in [-0.2, 0) is 15.0 Å². The van der Waals surface area contributed by atoms with E-state index in [0.29, 0.717) is 17.7 Å². The number of Topliss-reactive ketones (excluding diaryl/α,β-unsaturated/α-hetero) is 1. The molecule has 1 fully saturated rings. The van der Waals surface area contributed by atoms with Gasteiger partial charge < -0.3 is 20.8 Å². The predicted molar refractivity (Wildman–Crippen MR) is 147 cm³/mol. The van der Waals surface area contributed by atoms with Gasteiger partial charge in [-0.05, 0) is 60.9 Å². The van der Waals surface area contributed by atoms with Crippen LogP contribution in [0.25, 0.3) is 0 Å². The number of carbonyl (C=O) groups is 2. The third-order valence-corrected chi connectivity index (χ3v) is 8.42. The number of anilines is 1. The van der Waals surface area contributed by atoms with E-state index in [0.717, 1.165) is 0 Å². The first-order valence-electron chi connectivity index (χ1n) is 13.0. The van der Waals surface area contributed by atoms with Crippen LogP contribution < -0.4 is 10.6 Å². The average Bonchev–Trinajstić information content (AvgIpc) is 3.30. The van der Waals surface area contributed by atoms with E-state index in [9.17, 15) is 24.2 Å². The molecule has 1 saturated heterocycles. The molecular weight excluding hydrogens is 549 g/mol. The van der Waals surface area contributed by atoms with Gasteiger partial charge in [0.15, 0.2) is 0 Å². The molecule has 0 saturated carbocycles. The number of aliphatic hydroxyl groups excluding tert-OH is 1. The fourth-order valence-corrected chi connectivity index (χ4v) is 6.44. The molecule has 212 valence electrons. The first-order chi connectivity index (χ1) is 18.1. The zero-order valence-corrected chi connectivity index (χ0v) is 23.9. The second-order valence-corrected chi connectivity index (χ2v) is 13.0. The van der Waals surface area contributed by atoms with E-state index in [1.54, 1.807) is 6.07 Å². The van der Waals surface area contributed by atoms with Crippen molar-refractivity contribution in [1.29, 1.82) is 0 Å². The summed E-state index contributed by atoms with van der Waals surface area (Å²) in [7, 11) is 0. The van der Waals surface area contributed by atoms with Gasteiger partial charge in [-0.3, -0.25) is 9.59 Å². The topological polar surface area (TPSA) is 98.7 Å². The Morgan fingerprint density at radius 1 is 1.13 bits per heavy atom. The Bertz CT molecular complexity index is 1300. The Hall–Kier alpha value is -2.10. The fourth-order valence-electron chi connectivity index (χ4n) is 6.09. The van der Waals surface area contributed by atoms with Crippen LogP contribution in [-0.4, -0.2) is 46.2 Å². The highest BCUT2D eigenvalue weighted by Gasteiger charge is 2.66. The summed E-state index contributed by atoms with van der Waals surface area (Å²) in [5.74, 6) is -3.31. The third-order valence-electron chi connectivity index (χ3n) is 7.84. The number of hydrogen-bond acceptors (Lipinski definition) is 5. The molecule has 2 aromatic rings. The standard InChI is InChI=1S/C29H34Cl2F2N2O4/c1-27(2,3)13-22-29(16-11-19(32)18(31)12-20(16)34-26(29)38)23(15-7-5-8-17(30)24(15)33)25(35-22)21(37)9-6-10-28(4,39)14-36/h5,7-8,11-12,22-23,25,35-36,39H,6,9-10,13-14H2,1-4H3,(H,34,38)/t22-,23+,25+,28+,29+/m1/s1. The number of nitrogens with one attached hydrogen (secondary N) is 2. The van der Waals surface area contributed by atoms with Crippen LogP contribution in [0.4, 0.5) is 14.5 Å². The summed E-state index contributed by atoms with van der Waals surface area (Å²) in [5.41, 5.74) is -2.53. The maximum absolute atomic E-state index is 15.7. The van der Waals surface area contributed by atoms with Crippen molar-refractivity contribution >= 4 is 40.6 Å². The SMILES string of the molecule is CC(C)(C)C[C@H]1N[C@@H](C(=O)CCC[C@](C)(O)CO)[C@H](c2cccc(Cl)c2F)[C@@]12C(=O)Nc1cc(Cl)c(F)cc12. The van der Waals surface area contributed by atoms with Gasteiger partial charge in [0.25, 0.3) is 0 Å². The number of halogens is 4. The maximum atomic E-state index is 15.7. The molecule has 2 aromatic carbocycles. The maximum Gasteiger partial charge on any atom is 0.237 e. The molecule has 1 spiro atoms. The second-order valence-electron chi connectivity index (χ2n) is 12.2. The van der Waals surface area contributed by atoms with Crippen molar-refractivity contribution in [1.82, 2.24) is 5.32 Å². The molecule has 1 amide bonds. The molecule has 39 heavy (non-hydrogen) atoms. The monoisotopic (exact) mass is 582 g/mol. The second kappa shape index (κ2) is 10.7. The van der Waals surface area contributed by atoms with Crippen molar-refractivity contribution in [2.45, 2.75) is 82.4 Å². The lowest BCUT2D eigenvalue weighted by Crippen LogP contribution is -2.49. The summed E-state index contributed by atoms with van der Waals surface area (Å²) < 4.78 is 30.7. The van der Waals surface area contributed by atoms with Crippen molar-refractivity contribution in [3.05, 3.63) is 63.1 Å². The third kappa shape index (κ3) is 5.46. The lowest BCUT2D eigenvalue weighted by Gasteiger charge is -2.37. The van der Waals surface area contributed by atoms with Crippen molar-refractivity contribution in [2.75, 3.05) is 11.9 Å². The Labute approximate surface area is 237 Å². The minimum atomic E-state index is -1.55. The van der Waals surface area contributed by atoms with E-state index < -0.39 is 53.2 Å². The summed E-state index contributed by atoms with van der Waals surface area (Å²) in [4.78, 5) is 27.9. The quantitative estimate of drug-likeness (QED) is 0.329. The van der Waals surface area contributed by atoms with Gasteiger partial charge in [0.1, 0.15) is 22.8 Å². The molecule has 2 aliphatic heterocycles. The molecule has 4 N–H and O–H groups in total. The van der Waals surface area contributed by atoms with E-state index in [4.69, 9.17) is 23.2 Å². The Balaban J connectivity index is 1.91.